The number of carbonyl (C=O) groups is 4. The van der Waals surface area contributed by atoms with Gasteiger partial charge in [-0.2, -0.15) is 0 Å². The summed E-state index contributed by atoms with van der Waals surface area (Å²) in [6, 6.07) is 14.8. The highest BCUT2D eigenvalue weighted by Gasteiger charge is 2.64. The Labute approximate surface area is 318 Å². The normalized spacial score (nSPS) is 23.4. The van der Waals surface area contributed by atoms with E-state index in [1.165, 1.54) is 4.90 Å². The van der Waals surface area contributed by atoms with Crippen LogP contribution >= 0.6 is 22.6 Å². The standard InChI is InChI=1S/C40H49IN2O9/c1-39(2,3)51-34(45)18-17-30(23-44)42-36(46)31(19-24-9-6-5-7-10-24)43(4)37(47)26-21-32(49-38(48)25-11-8-12-29(41)20-25)35-33(22-26)50-40(52-35,27-13-14-27)28-15-16-28/h5-12,20,22,27-28,30-33,35,44H,13-19,21,23H2,1-4H3,(H,42,46)/t30-,31+,32+,33+,35-/m0/s1. The molecule has 12 heteroatoms. The van der Waals surface area contributed by atoms with Crippen molar-refractivity contribution in [1.82, 2.24) is 10.2 Å². The highest BCUT2D eigenvalue weighted by atomic mass is 127. The molecule has 0 bridgehead atoms. The highest BCUT2D eigenvalue weighted by Crippen LogP contribution is 2.59. The zero-order valence-corrected chi connectivity index (χ0v) is 32.4. The molecule has 0 aromatic heterocycles. The Morgan fingerprint density at radius 1 is 1.02 bits per heavy atom. The van der Waals surface area contributed by atoms with Crippen LogP contribution in [0.25, 0.3) is 0 Å². The summed E-state index contributed by atoms with van der Waals surface area (Å²) in [6.45, 7) is 4.93. The van der Waals surface area contributed by atoms with Gasteiger partial charge in [0.15, 0.2) is 5.79 Å². The fraction of sp³-hybridized carbons (Fsp3) is 0.550. The molecule has 5 atom stereocenters. The molecule has 1 heterocycles. The van der Waals surface area contributed by atoms with Gasteiger partial charge in [0.1, 0.15) is 30.0 Å². The fourth-order valence-corrected chi connectivity index (χ4v) is 7.73. The summed E-state index contributed by atoms with van der Waals surface area (Å²) in [5.41, 5.74) is 0.953. The van der Waals surface area contributed by atoms with Crippen molar-refractivity contribution in [2.24, 2.45) is 11.8 Å². The molecule has 0 unspecified atom stereocenters. The molecule has 11 nitrogen and oxygen atoms in total. The van der Waals surface area contributed by atoms with Gasteiger partial charge in [0.25, 0.3) is 0 Å². The van der Waals surface area contributed by atoms with Crippen molar-refractivity contribution in [1.29, 1.82) is 0 Å². The average molecular weight is 829 g/mol. The molecule has 2 amide bonds. The Bertz CT molecular complexity index is 1650. The second-order valence-electron chi connectivity index (χ2n) is 15.4. The number of nitrogens with zero attached hydrogens (tertiary/aromatic N) is 1. The second-order valence-corrected chi connectivity index (χ2v) is 16.7. The molecule has 4 aliphatic rings. The number of amides is 2. The van der Waals surface area contributed by atoms with Gasteiger partial charge in [0, 0.05) is 47.3 Å². The quantitative estimate of drug-likeness (QED) is 0.196. The first-order valence-corrected chi connectivity index (χ1v) is 19.3. The molecule has 6 rings (SSSR count). The van der Waals surface area contributed by atoms with Crippen molar-refractivity contribution >= 4 is 46.3 Å². The lowest BCUT2D eigenvalue weighted by Crippen LogP contribution is -2.53. The predicted octanol–water partition coefficient (Wildman–Crippen LogP) is 5.12. The maximum absolute atomic E-state index is 14.5. The number of hydrogen-bond donors (Lipinski definition) is 2. The number of benzene rings is 2. The summed E-state index contributed by atoms with van der Waals surface area (Å²) in [5.74, 6) is -2.04. The van der Waals surface area contributed by atoms with E-state index < -0.39 is 72.1 Å². The SMILES string of the molecule is CN(C(=O)C1=C[C@H]2OC(C3CC3)(C3CC3)O[C@H]2[C@H](OC(=O)c2cccc(I)c2)C1)[C@H](Cc1ccccc1)C(=O)N[C@H](CO)CCC(=O)OC(C)(C)C. The van der Waals surface area contributed by atoms with Crippen molar-refractivity contribution in [3.05, 3.63) is 80.9 Å². The van der Waals surface area contributed by atoms with E-state index in [1.54, 1.807) is 52.1 Å². The molecule has 1 aliphatic heterocycles. The third-order valence-corrected chi connectivity index (χ3v) is 10.7. The van der Waals surface area contributed by atoms with Gasteiger partial charge >= 0.3 is 11.9 Å². The van der Waals surface area contributed by atoms with Crippen LogP contribution in [0.1, 0.15) is 81.6 Å². The Morgan fingerprint density at radius 2 is 1.71 bits per heavy atom. The van der Waals surface area contributed by atoms with Crippen molar-refractivity contribution < 1.29 is 43.2 Å². The molecule has 2 aromatic rings. The minimum Gasteiger partial charge on any atom is -0.460 e. The maximum atomic E-state index is 14.5. The van der Waals surface area contributed by atoms with E-state index in [9.17, 15) is 24.3 Å². The van der Waals surface area contributed by atoms with Gasteiger partial charge in [-0.1, -0.05) is 36.4 Å². The Morgan fingerprint density at radius 3 is 2.33 bits per heavy atom. The summed E-state index contributed by atoms with van der Waals surface area (Å²) in [4.78, 5) is 55.7. The van der Waals surface area contributed by atoms with Gasteiger partial charge in [0.05, 0.1) is 18.2 Å². The number of carbonyl (C=O) groups excluding carboxylic acids is 4. The van der Waals surface area contributed by atoms with Gasteiger partial charge in [0.2, 0.25) is 11.8 Å². The average Bonchev–Trinajstić information content (AvgIpc) is 4.05. The molecule has 280 valence electrons. The van der Waals surface area contributed by atoms with Crippen LogP contribution in [-0.4, -0.2) is 89.2 Å². The van der Waals surface area contributed by atoms with Gasteiger partial charge in [-0.3, -0.25) is 14.4 Å². The largest absolute Gasteiger partial charge is 0.460 e. The number of ether oxygens (including phenoxy) is 4. The first-order valence-electron chi connectivity index (χ1n) is 18.2. The maximum Gasteiger partial charge on any atom is 0.338 e. The molecule has 0 spiro atoms. The minimum absolute atomic E-state index is 0.00383. The van der Waals surface area contributed by atoms with Crippen LogP contribution in [0.4, 0.5) is 0 Å². The topological polar surface area (TPSA) is 141 Å². The van der Waals surface area contributed by atoms with Gasteiger partial charge in [-0.25, -0.2) is 4.79 Å². The molecule has 52 heavy (non-hydrogen) atoms. The Balaban J connectivity index is 1.23. The third kappa shape index (κ3) is 9.23. The number of halogens is 1. The first kappa shape index (κ1) is 38.4. The molecule has 2 aromatic carbocycles. The zero-order valence-electron chi connectivity index (χ0n) is 30.2. The van der Waals surface area contributed by atoms with E-state index in [-0.39, 0.29) is 37.5 Å². The van der Waals surface area contributed by atoms with Crippen LogP contribution in [0.5, 0.6) is 0 Å². The smallest absolute Gasteiger partial charge is 0.338 e. The lowest BCUT2D eigenvalue weighted by molar-refractivity contribution is -0.209. The number of likely N-dealkylation sites (N-methyl/N-ethyl adjacent to an activating group) is 1. The number of aliphatic hydroxyl groups excluding tert-OH is 1. The van der Waals surface area contributed by atoms with Crippen LogP contribution in [-0.2, 0) is 39.8 Å². The summed E-state index contributed by atoms with van der Waals surface area (Å²) in [5, 5.41) is 13.0. The molecule has 0 radical (unpaired) electrons. The van der Waals surface area contributed by atoms with Crippen LogP contribution < -0.4 is 5.32 Å². The number of esters is 2. The molecule has 3 fully saturated rings. The predicted molar refractivity (Wildman–Crippen MR) is 200 cm³/mol. The fourth-order valence-electron chi connectivity index (χ4n) is 7.18. The van der Waals surface area contributed by atoms with Crippen molar-refractivity contribution in [2.75, 3.05) is 13.7 Å². The first-order chi connectivity index (χ1) is 24.8. The Kier molecular flexibility index (Phi) is 11.8. The van der Waals surface area contributed by atoms with Crippen LogP contribution in [0.2, 0.25) is 0 Å². The Hall–Kier alpha value is -3.33. The molecular formula is C40H49IN2O9. The van der Waals surface area contributed by atoms with Crippen molar-refractivity contribution in [3.8, 4) is 0 Å². The zero-order chi connectivity index (χ0) is 37.2. The third-order valence-electron chi connectivity index (χ3n) is 10.0. The minimum atomic E-state index is -0.964. The van der Waals surface area contributed by atoms with Gasteiger partial charge in [-0.05, 0) is 105 Å². The summed E-state index contributed by atoms with van der Waals surface area (Å²) < 4.78 is 25.9. The highest BCUT2D eigenvalue weighted by molar-refractivity contribution is 14.1. The number of aliphatic hydroxyl groups is 1. The molecule has 2 saturated carbocycles. The summed E-state index contributed by atoms with van der Waals surface area (Å²) in [6.07, 6.45) is 4.29. The van der Waals surface area contributed by atoms with E-state index in [0.717, 1.165) is 34.8 Å². The molecule has 1 saturated heterocycles. The van der Waals surface area contributed by atoms with Crippen molar-refractivity contribution in [2.45, 2.75) is 114 Å². The van der Waals surface area contributed by atoms with E-state index in [1.807, 2.05) is 36.4 Å². The number of rotatable bonds is 14. The molecule has 2 N–H and O–H groups in total. The lowest BCUT2D eigenvalue weighted by Gasteiger charge is -2.34. The van der Waals surface area contributed by atoms with Crippen LogP contribution in [0.3, 0.4) is 0 Å². The second kappa shape index (κ2) is 16.0. The van der Waals surface area contributed by atoms with E-state index >= 15 is 0 Å². The van der Waals surface area contributed by atoms with Crippen LogP contribution in [0, 0.1) is 15.4 Å². The van der Waals surface area contributed by atoms with E-state index in [4.69, 9.17) is 18.9 Å². The van der Waals surface area contributed by atoms with E-state index in [2.05, 4.69) is 27.9 Å². The molecular weight excluding hydrogens is 779 g/mol. The number of nitrogens with one attached hydrogen (secondary N) is 1. The summed E-state index contributed by atoms with van der Waals surface area (Å²) >= 11 is 2.15. The molecule has 3 aliphatic carbocycles. The van der Waals surface area contributed by atoms with Gasteiger partial charge in [-0.15, -0.1) is 0 Å². The summed E-state index contributed by atoms with van der Waals surface area (Å²) in [7, 11) is 1.58. The van der Waals surface area contributed by atoms with E-state index in [0.29, 0.717) is 11.1 Å². The number of fused-ring (bicyclic) bond motifs is 1. The van der Waals surface area contributed by atoms with Gasteiger partial charge < -0.3 is 34.3 Å². The monoisotopic (exact) mass is 828 g/mol. The van der Waals surface area contributed by atoms with Crippen LogP contribution in [0.15, 0.2) is 66.2 Å². The van der Waals surface area contributed by atoms with Crippen molar-refractivity contribution in [3.63, 3.8) is 0 Å². The number of hydrogen-bond acceptors (Lipinski definition) is 9. The lowest BCUT2D eigenvalue weighted by atomic mass is 9.90.